The van der Waals surface area contributed by atoms with Crippen LogP contribution in [0, 0.1) is 0 Å². The first-order valence-corrected chi connectivity index (χ1v) is 8.28. The Morgan fingerprint density at radius 3 is 2.75 bits per heavy atom. The van der Waals surface area contributed by atoms with E-state index in [1.165, 1.54) is 16.0 Å². The number of fused-ring (bicyclic) bond motifs is 1. The van der Waals surface area contributed by atoms with Crippen LogP contribution in [-0.2, 0) is 6.42 Å². The molecule has 1 nitrogen and oxygen atoms in total. The van der Waals surface area contributed by atoms with Crippen molar-refractivity contribution in [2.24, 2.45) is 0 Å². The molecule has 0 saturated heterocycles. The lowest BCUT2D eigenvalue weighted by atomic mass is 9.89. The molecule has 3 heteroatoms. The number of rotatable bonds is 4. The Kier molecular flexibility index (Phi) is 4.35. The van der Waals surface area contributed by atoms with Gasteiger partial charge in [0, 0.05) is 27.6 Å². The standard InChI is InChI=1S/C17H18ClNS/c1-19-16(10-12-6-2-4-8-15(12)18)14-11-20-17-9-5-3-7-13(14)17/h2-9,14,16,19H,10-11H2,1H3. The minimum atomic E-state index is 0.422. The van der Waals surface area contributed by atoms with E-state index in [0.717, 1.165) is 17.2 Å². The van der Waals surface area contributed by atoms with Gasteiger partial charge in [-0.15, -0.1) is 11.8 Å². The van der Waals surface area contributed by atoms with Crippen molar-refractivity contribution in [3.8, 4) is 0 Å². The summed E-state index contributed by atoms with van der Waals surface area (Å²) in [6.07, 6.45) is 0.968. The number of nitrogens with one attached hydrogen (secondary N) is 1. The van der Waals surface area contributed by atoms with Gasteiger partial charge < -0.3 is 5.32 Å². The molecule has 0 aliphatic carbocycles. The molecule has 2 unspecified atom stereocenters. The Morgan fingerprint density at radius 1 is 1.20 bits per heavy atom. The van der Waals surface area contributed by atoms with Crippen LogP contribution in [0.3, 0.4) is 0 Å². The lowest BCUT2D eigenvalue weighted by Gasteiger charge is -2.24. The topological polar surface area (TPSA) is 12.0 Å². The van der Waals surface area contributed by atoms with Crippen LogP contribution in [0.1, 0.15) is 17.0 Å². The molecule has 0 amide bonds. The first kappa shape index (κ1) is 14.0. The summed E-state index contributed by atoms with van der Waals surface area (Å²) in [5.74, 6) is 1.70. The molecule has 0 fully saturated rings. The minimum Gasteiger partial charge on any atom is -0.316 e. The zero-order chi connectivity index (χ0) is 13.9. The minimum absolute atomic E-state index is 0.422. The third-order valence-corrected chi connectivity index (χ3v) is 5.57. The van der Waals surface area contributed by atoms with Gasteiger partial charge in [0.2, 0.25) is 0 Å². The molecule has 0 bridgehead atoms. The van der Waals surface area contributed by atoms with Crippen molar-refractivity contribution in [1.29, 1.82) is 0 Å². The van der Waals surface area contributed by atoms with Gasteiger partial charge in [-0.25, -0.2) is 0 Å². The van der Waals surface area contributed by atoms with Gasteiger partial charge in [0.15, 0.2) is 0 Å². The Bertz CT molecular complexity index is 599. The van der Waals surface area contributed by atoms with Crippen molar-refractivity contribution in [3.05, 3.63) is 64.7 Å². The maximum atomic E-state index is 6.30. The highest BCUT2D eigenvalue weighted by atomic mass is 35.5. The highest BCUT2D eigenvalue weighted by Gasteiger charge is 2.29. The van der Waals surface area contributed by atoms with Crippen molar-refractivity contribution in [3.63, 3.8) is 0 Å². The Hall–Kier alpha value is -0.960. The zero-order valence-electron chi connectivity index (χ0n) is 11.5. The van der Waals surface area contributed by atoms with Crippen LogP contribution in [-0.4, -0.2) is 18.8 Å². The van der Waals surface area contributed by atoms with E-state index >= 15 is 0 Å². The maximum Gasteiger partial charge on any atom is 0.0438 e. The largest absolute Gasteiger partial charge is 0.316 e. The molecule has 1 heterocycles. The molecule has 1 N–H and O–H groups in total. The predicted octanol–water partition coefficient (Wildman–Crippen LogP) is 4.36. The fourth-order valence-corrected chi connectivity index (χ4v) is 4.41. The van der Waals surface area contributed by atoms with Crippen LogP contribution in [0.4, 0.5) is 0 Å². The van der Waals surface area contributed by atoms with Gasteiger partial charge in [0.05, 0.1) is 0 Å². The first-order chi connectivity index (χ1) is 9.79. The molecule has 0 saturated carbocycles. The average molecular weight is 304 g/mol. The van der Waals surface area contributed by atoms with Crippen molar-refractivity contribution >= 4 is 23.4 Å². The van der Waals surface area contributed by atoms with Gasteiger partial charge in [-0.2, -0.15) is 0 Å². The van der Waals surface area contributed by atoms with Crippen molar-refractivity contribution in [2.75, 3.05) is 12.8 Å². The fourth-order valence-electron chi connectivity index (χ4n) is 2.87. The Labute approximate surface area is 129 Å². The van der Waals surface area contributed by atoms with E-state index in [0.29, 0.717) is 12.0 Å². The normalized spacial score (nSPS) is 18.8. The van der Waals surface area contributed by atoms with E-state index in [2.05, 4.69) is 41.7 Å². The molecule has 3 rings (SSSR count). The van der Waals surface area contributed by atoms with Crippen molar-refractivity contribution < 1.29 is 0 Å². The summed E-state index contributed by atoms with van der Waals surface area (Å²) < 4.78 is 0. The molecule has 1 aliphatic heterocycles. The molecule has 0 spiro atoms. The van der Waals surface area contributed by atoms with Crippen LogP contribution in [0.15, 0.2) is 53.4 Å². The summed E-state index contributed by atoms with van der Waals surface area (Å²) in [6, 6.07) is 17.3. The third kappa shape index (κ3) is 2.73. The van der Waals surface area contributed by atoms with E-state index in [1.807, 2.05) is 30.9 Å². The van der Waals surface area contributed by atoms with Crippen molar-refractivity contribution in [1.82, 2.24) is 5.32 Å². The molecule has 0 aromatic heterocycles. The smallest absolute Gasteiger partial charge is 0.0438 e. The van der Waals surface area contributed by atoms with Gasteiger partial charge in [0.25, 0.3) is 0 Å². The Balaban J connectivity index is 1.83. The molecule has 1 aliphatic rings. The van der Waals surface area contributed by atoms with E-state index in [-0.39, 0.29) is 0 Å². The fraction of sp³-hybridized carbons (Fsp3) is 0.294. The first-order valence-electron chi connectivity index (χ1n) is 6.92. The maximum absolute atomic E-state index is 6.30. The SMILES string of the molecule is CNC(Cc1ccccc1Cl)C1CSc2ccccc21. The zero-order valence-corrected chi connectivity index (χ0v) is 13.0. The van der Waals surface area contributed by atoms with Crippen LogP contribution in [0.25, 0.3) is 0 Å². The van der Waals surface area contributed by atoms with Gasteiger partial charge >= 0.3 is 0 Å². The average Bonchev–Trinajstić information content (AvgIpc) is 2.90. The van der Waals surface area contributed by atoms with E-state index in [9.17, 15) is 0 Å². The molecule has 20 heavy (non-hydrogen) atoms. The summed E-state index contributed by atoms with van der Waals surface area (Å²) in [5.41, 5.74) is 2.70. The number of benzene rings is 2. The lowest BCUT2D eigenvalue weighted by molar-refractivity contribution is 0.489. The van der Waals surface area contributed by atoms with E-state index in [4.69, 9.17) is 11.6 Å². The predicted molar refractivity (Wildman–Crippen MR) is 87.9 cm³/mol. The Morgan fingerprint density at radius 2 is 1.95 bits per heavy atom. The summed E-state index contributed by atoms with van der Waals surface area (Å²) in [5, 5.41) is 4.36. The number of likely N-dealkylation sites (N-methyl/N-ethyl adjacent to an activating group) is 1. The number of thioether (sulfide) groups is 1. The molecule has 2 aromatic rings. The second-order valence-corrected chi connectivity index (χ2v) is 6.62. The molecule has 104 valence electrons. The molecular formula is C17H18ClNS. The highest BCUT2D eigenvalue weighted by molar-refractivity contribution is 7.99. The van der Waals surface area contributed by atoms with Gasteiger partial charge in [-0.05, 0) is 36.7 Å². The quantitative estimate of drug-likeness (QED) is 0.900. The van der Waals surface area contributed by atoms with Crippen LogP contribution < -0.4 is 5.32 Å². The van der Waals surface area contributed by atoms with Gasteiger partial charge in [0.1, 0.15) is 0 Å². The highest BCUT2D eigenvalue weighted by Crippen LogP contribution is 2.41. The summed E-state index contributed by atoms with van der Waals surface area (Å²) >= 11 is 8.26. The monoisotopic (exact) mass is 303 g/mol. The molecule has 0 radical (unpaired) electrons. The van der Waals surface area contributed by atoms with Gasteiger partial charge in [-0.1, -0.05) is 48.0 Å². The van der Waals surface area contributed by atoms with E-state index < -0.39 is 0 Å². The second kappa shape index (κ2) is 6.21. The second-order valence-electron chi connectivity index (χ2n) is 5.15. The summed E-state index contributed by atoms with van der Waals surface area (Å²) in [6.45, 7) is 0. The summed E-state index contributed by atoms with van der Waals surface area (Å²) in [7, 11) is 2.05. The molecule has 2 atom stereocenters. The molecular weight excluding hydrogens is 286 g/mol. The van der Waals surface area contributed by atoms with Crippen LogP contribution in [0.2, 0.25) is 5.02 Å². The van der Waals surface area contributed by atoms with Crippen LogP contribution in [0.5, 0.6) is 0 Å². The number of halogens is 1. The van der Waals surface area contributed by atoms with Gasteiger partial charge in [-0.3, -0.25) is 0 Å². The third-order valence-electron chi connectivity index (χ3n) is 3.99. The van der Waals surface area contributed by atoms with Crippen molar-refractivity contribution in [2.45, 2.75) is 23.3 Å². The van der Waals surface area contributed by atoms with Crippen LogP contribution >= 0.6 is 23.4 Å². The number of hydrogen-bond acceptors (Lipinski definition) is 2. The number of hydrogen-bond donors (Lipinski definition) is 1. The summed E-state index contributed by atoms with van der Waals surface area (Å²) in [4.78, 5) is 1.43. The lowest BCUT2D eigenvalue weighted by Crippen LogP contribution is -2.34. The van der Waals surface area contributed by atoms with E-state index in [1.54, 1.807) is 0 Å². The molecule has 2 aromatic carbocycles.